The molecule has 8 nitrogen and oxygen atoms in total. The van der Waals surface area contributed by atoms with Crippen LogP contribution in [-0.2, 0) is 10.8 Å². The summed E-state index contributed by atoms with van der Waals surface area (Å²) in [5, 5.41) is 16.2. The van der Waals surface area contributed by atoms with E-state index in [0.29, 0.717) is 11.8 Å². The molecule has 8 heteroatoms. The van der Waals surface area contributed by atoms with Crippen LogP contribution in [-0.4, -0.2) is 31.8 Å². The number of aromatic hydroxyl groups is 1. The number of methoxy groups -OCH3 is 1. The highest BCUT2D eigenvalue weighted by molar-refractivity contribution is 5.48. The van der Waals surface area contributed by atoms with E-state index in [1.165, 1.54) is 0 Å². The summed E-state index contributed by atoms with van der Waals surface area (Å²) in [4.78, 5) is 25.8. The van der Waals surface area contributed by atoms with Crippen molar-refractivity contribution in [3.05, 3.63) is 91.8 Å². The number of fused-ring (bicyclic) bond motifs is 10. The summed E-state index contributed by atoms with van der Waals surface area (Å²) < 4.78 is 8.50. The highest BCUT2D eigenvalue weighted by atomic mass is 16.5. The molecule has 4 aliphatic carbocycles. The largest absolute Gasteiger partial charge is 0.508 e. The Balaban J connectivity index is 0.000000140. The number of phenolic OH excluding ortho intramolecular Hbond substituents is 1. The lowest BCUT2D eigenvalue weighted by atomic mass is 9.70. The van der Waals surface area contributed by atoms with E-state index in [1.54, 1.807) is 40.7 Å². The van der Waals surface area contributed by atoms with Crippen LogP contribution in [0.5, 0.6) is 11.5 Å². The molecule has 43 heavy (non-hydrogen) atoms. The first-order chi connectivity index (χ1) is 20.3. The SMILES string of the molecule is CC1(C)[C@@H]2CC[C@@]1(C)c1[nH]n(-c3ccc(O)cc3)c(=O)c12.COc1ccc(-n2[nH]c3c(c2=O)[C@H]2CC[C@]3(C)C2(C)C)cc1. The van der Waals surface area contributed by atoms with E-state index in [4.69, 9.17) is 4.74 Å². The maximum absolute atomic E-state index is 12.9. The summed E-state index contributed by atoms with van der Waals surface area (Å²) in [6, 6.07) is 14.3. The lowest BCUT2D eigenvalue weighted by Crippen LogP contribution is -2.33. The van der Waals surface area contributed by atoms with Crippen LogP contribution < -0.4 is 15.9 Å². The van der Waals surface area contributed by atoms with Crippen molar-refractivity contribution in [2.24, 2.45) is 10.8 Å². The Morgan fingerprint density at radius 3 is 1.47 bits per heavy atom. The second-order valence-corrected chi connectivity index (χ2v) is 14.6. The first-order valence-electron chi connectivity index (χ1n) is 15.4. The molecule has 0 saturated heterocycles. The van der Waals surface area contributed by atoms with E-state index in [0.717, 1.165) is 65.3 Å². The number of aromatic nitrogens is 4. The van der Waals surface area contributed by atoms with Crippen molar-refractivity contribution in [2.75, 3.05) is 7.11 Å². The third kappa shape index (κ3) is 3.43. The van der Waals surface area contributed by atoms with Gasteiger partial charge < -0.3 is 9.84 Å². The van der Waals surface area contributed by atoms with Gasteiger partial charge in [0, 0.05) is 33.3 Å². The molecular weight excluding hydrogens is 540 g/mol. The molecule has 0 amide bonds. The van der Waals surface area contributed by atoms with Crippen LogP contribution in [0.4, 0.5) is 0 Å². The highest BCUT2D eigenvalue weighted by Gasteiger charge is 2.63. The molecule has 4 aliphatic rings. The van der Waals surface area contributed by atoms with Crippen LogP contribution in [0.15, 0.2) is 58.1 Å². The van der Waals surface area contributed by atoms with Crippen LogP contribution in [0, 0.1) is 10.8 Å². The summed E-state index contributed by atoms with van der Waals surface area (Å²) in [6.07, 6.45) is 4.50. The Kier molecular flexibility index (Phi) is 5.70. The molecule has 8 rings (SSSR count). The third-order valence-corrected chi connectivity index (χ3v) is 12.5. The summed E-state index contributed by atoms with van der Waals surface area (Å²) >= 11 is 0. The maximum Gasteiger partial charge on any atom is 0.274 e. The van der Waals surface area contributed by atoms with E-state index in [2.05, 4.69) is 51.7 Å². The minimum atomic E-state index is 0.0499. The lowest BCUT2D eigenvalue weighted by Gasteiger charge is -2.34. The Morgan fingerprint density at radius 1 is 0.698 bits per heavy atom. The number of hydrogen-bond donors (Lipinski definition) is 3. The van der Waals surface area contributed by atoms with E-state index < -0.39 is 0 Å². The molecule has 4 atom stereocenters. The molecule has 2 fully saturated rings. The number of benzene rings is 2. The fourth-order valence-corrected chi connectivity index (χ4v) is 8.99. The number of phenols is 1. The van der Waals surface area contributed by atoms with Gasteiger partial charge in [0.1, 0.15) is 11.5 Å². The number of aromatic amines is 2. The Labute approximate surface area is 251 Å². The van der Waals surface area contributed by atoms with Gasteiger partial charge in [0.15, 0.2) is 0 Å². The molecular formula is C35H42N4O4. The van der Waals surface area contributed by atoms with Gasteiger partial charge in [0.25, 0.3) is 11.1 Å². The molecule has 0 spiro atoms. The van der Waals surface area contributed by atoms with E-state index in [-0.39, 0.29) is 38.5 Å². The number of nitrogens with zero attached hydrogens (tertiary/aromatic N) is 2. The number of hydrogen-bond acceptors (Lipinski definition) is 4. The zero-order valence-corrected chi connectivity index (χ0v) is 26.2. The zero-order chi connectivity index (χ0) is 30.7. The van der Waals surface area contributed by atoms with Gasteiger partial charge in [-0.15, -0.1) is 0 Å². The number of ether oxygens (including phenoxy) is 1. The molecule has 4 bridgehead atoms. The second-order valence-electron chi connectivity index (χ2n) is 14.6. The topological polar surface area (TPSA) is 105 Å². The minimum Gasteiger partial charge on any atom is -0.508 e. The van der Waals surface area contributed by atoms with Crippen molar-refractivity contribution in [3.8, 4) is 22.9 Å². The fraction of sp³-hybridized carbons (Fsp3) is 0.486. The van der Waals surface area contributed by atoms with E-state index in [1.807, 2.05) is 24.3 Å². The fourth-order valence-electron chi connectivity index (χ4n) is 8.99. The highest BCUT2D eigenvalue weighted by Crippen LogP contribution is 2.67. The summed E-state index contributed by atoms with van der Waals surface area (Å²) in [6.45, 7) is 13.7. The van der Waals surface area contributed by atoms with Crippen LogP contribution in [0.3, 0.4) is 0 Å². The van der Waals surface area contributed by atoms with Gasteiger partial charge in [0.05, 0.1) is 18.5 Å². The summed E-state index contributed by atoms with van der Waals surface area (Å²) in [5.74, 6) is 1.72. The van der Waals surface area contributed by atoms with Gasteiger partial charge in [-0.1, -0.05) is 41.5 Å². The van der Waals surface area contributed by atoms with Crippen LogP contribution in [0.25, 0.3) is 11.4 Å². The molecule has 0 unspecified atom stereocenters. The number of rotatable bonds is 3. The van der Waals surface area contributed by atoms with Crippen molar-refractivity contribution in [3.63, 3.8) is 0 Å². The molecule has 3 N–H and O–H groups in total. The molecule has 2 aromatic heterocycles. The predicted octanol–water partition coefficient (Wildman–Crippen LogP) is 6.40. The van der Waals surface area contributed by atoms with Crippen LogP contribution in [0.2, 0.25) is 0 Å². The van der Waals surface area contributed by atoms with Crippen LogP contribution >= 0.6 is 0 Å². The molecule has 2 heterocycles. The average molecular weight is 583 g/mol. The van der Waals surface area contributed by atoms with Gasteiger partial charge in [-0.2, -0.15) is 0 Å². The van der Waals surface area contributed by atoms with Crippen molar-refractivity contribution in [1.29, 1.82) is 0 Å². The maximum atomic E-state index is 12.9. The first kappa shape index (κ1) is 27.9. The third-order valence-electron chi connectivity index (χ3n) is 12.5. The molecule has 2 aromatic carbocycles. The van der Waals surface area contributed by atoms with Crippen molar-refractivity contribution in [1.82, 2.24) is 19.6 Å². The Bertz CT molecular complexity index is 1850. The van der Waals surface area contributed by atoms with Crippen LogP contribution in [0.1, 0.15) is 102 Å². The molecule has 226 valence electrons. The van der Waals surface area contributed by atoms with Crippen molar-refractivity contribution < 1.29 is 9.84 Å². The molecule has 4 aromatic rings. The Morgan fingerprint density at radius 2 is 1.09 bits per heavy atom. The molecule has 0 radical (unpaired) electrons. The zero-order valence-electron chi connectivity index (χ0n) is 26.2. The first-order valence-corrected chi connectivity index (χ1v) is 15.4. The lowest BCUT2D eigenvalue weighted by molar-refractivity contribution is 0.224. The number of nitrogens with one attached hydrogen (secondary N) is 2. The number of H-pyrrole nitrogens is 2. The second kappa shape index (κ2) is 8.80. The van der Waals surface area contributed by atoms with E-state index >= 15 is 0 Å². The standard InChI is InChI=1S/C18H22N2O2.C17H20N2O2/c1-17(2)13-9-10-18(17,3)15-14(13)16(21)20(19-15)11-5-7-12(22-4)8-6-11;1-16(2)12-8-9-17(16,3)14-13(12)15(21)19(18-14)10-4-6-11(20)7-5-10/h5-8,13,19H,9-10H2,1-4H3;4-7,12,18,20H,8-9H2,1-3H3/t13-,18+;12-,17+/m11/s1. The monoisotopic (exact) mass is 582 g/mol. The van der Waals surface area contributed by atoms with Crippen molar-refractivity contribution in [2.45, 2.75) is 89.9 Å². The summed E-state index contributed by atoms with van der Waals surface area (Å²) in [7, 11) is 1.64. The van der Waals surface area contributed by atoms with Gasteiger partial charge in [0.2, 0.25) is 0 Å². The summed E-state index contributed by atoms with van der Waals surface area (Å²) in [5.41, 5.74) is 6.48. The average Bonchev–Trinajstić information content (AvgIpc) is 3.72. The van der Waals surface area contributed by atoms with Crippen molar-refractivity contribution >= 4 is 0 Å². The predicted molar refractivity (Wildman–Crippen MR) is 167 cm³/mol. The molecule has 0 aliphatic heterocycles. The minimum absolute atomic E-state index is 0.0499. The quantitative estimate of drug-likeness (QED) is 0.260. The van der Waals surface area contributed by atoms with Gasteiger partial charge in [-0.3, -0.25) is 19.8 Å². The Hall–Kier alpha value is -3.94. The normalized spacial score (nSPS) is 28.3. The smallest absolute Gasteiger partial charge is 0.274 e. The van der Waals surface area contributed by atoms with Gasteiger partial charge in [-0.05, 0) is 96.9 Å². The van der Waals surface area contributed by atoms with E-state index in [9.17, 15) is 14.7 Å². The van der Waals surface area contributed by atoms with Gasteiger partial charge in [-0.25, -0.2) is 9.36 Å². The molecule has 2 saturated carbocycles. The van der Waals surface area contributed by atoms with Gasteiger partial charge >= 0.3 is 0 Å².